The first kappa shape index (κ1) is 16.8. The second-order valence-corrected chi connectivity index (χ2v) is 7.22. The molecule has 0 bridgehead atoms. The second kappa shape index (κ2) is 6.59. The van der Waals surface area contributed by atoms with E-state index < -0.39 is 0 Å². The molecule has 2 aromatic heterocycles. The lowest BCUT2D eigenvalue weighted by molar-refractivity contribution is 0.273. The van der Waals surface area contributed by atoms with Crippen molar-refractivity contribution in [3.05, 3.63) is 64.4 Å². The van der Waals surface area contributed by atoms with Crippen LogP contribution >= 0.6 is 0 Å². The zero-order valence-corrected chi connectivity index (χ0v) is 15.6. The summed E-state index contributed by atoms with van der Waals surface area (Å²) >= 11 is 0. The first-order valence-electron chi connectivity index (χ1n) is 9.33. The van der Waals surface area contributed by atoms with Gasteiger partial charge >= 0.3 is 5.69 Å². The molecule has 1 atom stereocenters. The summed E-state index contributed by atoms with van der Waals surface area (Å²) in [6, 6.07) is 8.32. The maximum absolute atomic E-state index is 12.5. The molecule has 1 saturated carbocycles. The highest BCUT2D eigenvalue weighted by molar-refractivity contribution is 5.40. The number of imidazole rings is 1. The normalized spacial score (nSPS) is 15.8. The third kappa shape index (κ3) is 2.69. The fraction of sp³-hybridized carbons (Fsp3) is 0.450. The third-order valence-electron chi connectivity index (χ3n) is 5.73. The fourth-order valence-electron chi connectivity index (χ4n) is 3.85. The van der Waals surface area contributed by atoms with E-state index >= 15 is 0 Å². The average molecular weight is 351 g/mol. The van der Waals surface area contributed by atoms with E-state index in [0.717, 1.165) is 23.8 Å². The van der Waals surface area contributed by atoms with Crippen LogP contribution in [0.3, 0.4) is 0 Å². The Morgan fingerprint density at radius 3 is 2.73 bits per heavy atom. The molecule has 0 aliphatic heterocycles. The van der Waals surface area contributed by atoms with Crippen LogP contribution in [0.15, 0.2) is 41.6 Å². The number of aryl methyl sites for hydroxylation is 2. The number of hydrogen-bond acceptors (Lipinski definition) is 3. The van der Waals surface area contributed by atoms with E-state index in [4.69, 9.17) is 0 Å². The average Bonchev–Trinajstić information content (AvgIpc) is 3.18. The Kier molecular flexibility index (Phi) is 4.26. The summed E-state index contributed by atoms with van der Waals surface area (Å²) in [5.74, 6) is 1.85. The number of rotatable bonds is 5. The molecule has 26 heavy (non-hydrogen) atoms. The van der Waals surface area contributed by atoms with Gasteiger partial charge in [-0.3, -0.25) is 9.13 Å². The molecule has 1 fully saturated rings. The van der Waals surface area contributed by atoms with Crippen LogP contribution in [0.2, 0.25) is 0 Å². The van der Waals surface area contributed by atoms with Gasteiger partial charge in [-0.15, -0.1) is 10.2 Å². The van der Waals surface area contributed by atoms with Crippen molar-refractivity contribution >= 4 is 0 Å². The minimum absolute atomic E-state index is 0.0171. The van der Waals surface area contributed by atoms with E-state index in [9.17, 15) is 4.79 Å². The molecule has 0 N–H and O–H groups in total. The number of hydrogen-bond donors (Lipinski definition) is 0. The Morgan fingerprint density at radius 1 is 1.31 bits per heavy atom. The lowest BCUT2D eigenvalue weighted by Crippen LogP contribution is -2.25. The van der Waals surface area contributed by atoms with Crippen LogP contribution in [0, 0.1) is 12.8 Å². The lowest BCUT2D eigenvalue weighted by Gasteiger charge is -2.33. The molecule has 1 unspecified atom stereocenters. The van der Waals surface area contributed by atoms with Crippen molar-refractivity contribution in [2.24, 2.45) is 13.0 Å². The monoisotopic (exact) mass is 351 g/mol. The molecule has 0 amide bonds. The topological polar surface area (TPSA) is 57.6 Å². The van der Waals surface area contributed by atoms with Crippen molar-refractivity contribution in [2.45, 2.75) is 45.6 Å². The van der Waals surface area contributed by atoms with Gasteiger partial charge in [-0.1, -0.05) is 18.6 Å². The zero-order valence-electron chi connectivity index (χ0n) is 15.6. The fourth-order valence-corrected chi connectivity index (χ4v) is 3.85. The summed E-state index contributed by atoms with van der Waals surface area (Å²) in [5.41, 5.74) is 3.05. The van der Waals surface area contributed by atoms with Crippen LogP contribution in [0.4, 0.5) is 0 Å². The van der Waals surface area contributed by atoms with Gasteiger partial charge in [0.2, 0.25) is 0 Å². The van der Waals surface area contributed by atoms with E-state index in [1.807, 2.05) is 31.6 Å². The number of nitrogens with zero attached hydrogens (tertiary/aromatic N) is 5. The molecule has 6 nitrogen and oxygen atoms in total. The standard InChI is InChI=1S/C20H25N5O/c1-4-24-13-21-22-19(24)18(15-7-5-8-15)16-9-6-10-17(11-16)25-12-14(2)23(3)20(25)26/h6,9-13,15,18H,4-5,7-8H2,1-3H3. The van der Waals surface area contributed by atoms with Crippen LogP contribution in [0.5, 0.6) is 0 Å². The molecule has 2 heterocycles. The molecule has 0 spiro atoms. The van der Waals surface area contributed by atoms with Crippen LogP contribution in [-0.4, -0.2) is 23.9 Å². The lowest BCUT2D eigenvalue weighted by atomic mass is 9.72. The summed E-state index contributed by atoms with van der Waals surface area (Å²) in [5, 5.41) is 8.59. The quantitative estimate of drug-likeness (QED) is 0.710. The highest BCUT2D eigenvalue weighted by Gasteiger charge is 2.33. The first-order valence-corrected chi connectivity index (χ1v) is 9.33. The summed E-state index contributed by atoms with van der Waals surface area (Å²) in [6.07, 6.45) is 7.43. The molecule has 4 rings (SSSR count). The Balaban J connectivity index is 1.80. The van der Waals surface area contributed by atoms with Gasteiger partial charge in [0.05, 0.1) is 5.69 Å². The van der Waals surface area contributed by atoms with Crippen LogP contribution < -0.4 is 5.69 Å². The third-order valence-corrected chi connectivity index (χ3v) is 5.73. The van der Waals surface area contributed by atoms with E-state index in [-0.39, 0.29) is 11.6 Å². The van der Waals surface area contributed by atoms with Crippen molar-refractivity contribution < 1.29 is 0 Å². The predicted octanol–water partition coefficient (Wildman–Crippen LogP) is 3.03. The largest absolute Gasteiger partial charge is 0.332 e. The SMILES string of the molecule is CCn1cnnc1C(c1cccc(-n2cc(C)n(C)c2=O)c1)C1CCC1. The van der Waals surface area contributed by atoms with Gasteiger partial charge in [0.1, 0.15) is 12.2 Å². The highest BCUT2D eigenvalue weighted by Crippen LogP contribution is 2.42. The zero-order chi connectivity index (χ0) is 18.3. The molecule has 1 aromatic carbocycles. The Morgan fingerprint density at radius 2 is 2.12 bits per heavy atom. The molecular formula is C20H25N5O. The Bertz CT molecular complexity index is 976. The van der Waals surface area contributed by atoms with Gasteiger partial charge in [-0.05, 0) is 50.3 Å². The Hall–Kier alpha value is -2.63. The van der Waals surface area contributed by atoms with Crippen molar-refractivity contribution in [3.63, 3.8) is 0 Å². The maximum atomic E-state index is 12.5. The van der Waals surface area contributed by atoms with Gasteiger partial charge in [0, 0.05) is 31.4 Å². The summed E-state index contributed by atoms with van der Waals surface area (Å²) in [7, 11) is 1.80. The molecule has 1 aliphatic rings. The second-order valence-electron chi connectivity index (χ2n) is 7.22. The number of benzene rings is 1. The highest BCUT2D eigenvalue weighted by atomic mass is 16.1. The predicted molar refractivity (Wildman–Crippen MR) is 101 cm³/mol. The van der Waals surface area contributed by atoms with Gasteiger partial charge in [0.15, 0.2) is 0 Å². The minimum atomic E-state index is -0.0171. The van der Waals surface area contributed by atoms with E-state index in [0.29, 0.717) is 5.92 Å². The van der Waals surface area contributed by atoms with Gasteiger partial charge in [-0.2, -0.15) is 0 Å². The van der Waals surface area contributed by atoms with Gasteiger partial charge < -0.3 is 4.57 Å². The van der Waals surface area contributed by atoms with Crippen molar-refractivity contribution in [1.82, 2.24) is 23.9 Å². The minimum Gasteiger partial charge on any atom is -0.317 e. The number of aromatic nitrogens is 5. The van der Waals surface area contributed by atoms with Crippen molar-refractivity contribution in [3.8, 4) is 5.69 Å². The first-order chi connectivity index (χ1) is 12.6. The molecule has 0 radical (unpaired) electrons. The molecule has 1 aliphatic carbocycles. The van der Waals surface area contributed by atoms with Crippen molar-refractivity contribution in [2.75, 3.05) is 0 Å². The smallest absolute Gasteiger partial charge is 0.317 e. The molecule has 3 aromatic rings. The summed E-state index contributed by atoms with van der Waals surface area (Å²) < 4.78 is 5.53. The van der Waals surface area contributed by atoms with E-state index in [2.05, 4.69) is 33.8 Å². The molecule has 6 heteroatoms. The van der Waals surface area contributed by atoms with Crippen LogP contribution in [0.1, 0.15) is 49.2 Å². The molecular weight excluding hydrogens is 326 g/mol. The van der Waals surface area contributed by atoms with Crippen LogP contribution in [0.25, 0.3) is 5.69 Å². The van der Waals surface area contributed by atoms with Gasteiger partial charge in [-0.25, -0.2) is 4.79 Å². The van der Waals surface area contributed by atoms with E-state index in [1.54, 1.807) is 16.2 Å². The van der Waals surface area contributed by atoms with E-state index in [1.165, 1.54) is 24.8 Å². The summed E-state index contributed by atoms with van der Waals surface area (Å²) in [4.78, 5) is 12.5. The van der Waals surface area contributed by atoms with Gasteiger partial charge in [0.25, 0.3) is 0 Å². The molecule has 0 saturated heterocycles. The molecule has 136 valence electrons. The Labute approximate surface area is 153 Å². The maximum Gasteiger partial charge on any atom is 0.332 e. The van der Waals surface area contributed by atoms with Crippen molar-refractivity contribution in [1.29, 1.82) is 0 Å². The van der Waals surface area contributed by atoms with Crippen LogP contribution in [-0.2, 0) is 13.6 Å². The summed E-state index contributed by atoms with van der Waals surface area (Å²) in [6.45, 7) is 4.93.